The van der Waals surface area contributed by atoms with E-state index in [1.165, 1.54) is 16.4 Å². The summed E-state index contributed by atoms with van der Waals surface area (Å²) >= 11 is 0. The van der Waals surface area contributed by atoms with Gasteiger partial charge in [0.15, 0.2) is 5.75 Å². The maximum absolute atomic E-state index is 12.7. The summed E-state index contributed by atoms with van der Waals surface area (Å²) in [4.78, 5) is 10.8. The highest BCUT2D eigenvalue weighted by Gasteiger charge is 2.29. The molecule has 2 aromatic rings. The summed E-state index contributed by atoms with van der Waals surface area (Å²) in [6, 6.07) is 11.0. The number of ether oxygens (including phenoxy) is 2. The molecule has 1 aliphatic rings. The Balaban J connectivity index is 1.85. The SMILES string of the molecule is CCOc1ccccc1COc1ccc(S(=O)(=O)N2CCCC2)cc1[N+](=O)[O-]. The van der Waals surface area contributed by atoms with Gasteiger partial charge in [0.1, 0.15) is 12.4 Å². The first-order valence-corrected chi connectivity index (χ1v) is 10.5. The molecular weight excluding hydrogens is 384 g/mol. The van der Waals surface area contributed by atoms with Crippen molar-refractivity contribution in [3.05, 3.63) is 58.1 Å². The number of hydrogen-bond donors (Lipinski definition) is 0. The quantitative estimate of drug-likeness (QED) is 0.492. The minimum atomic E-state index is -3.74. The van der Waals surface area contributed by atoms with Crippen molar-refractivity contribution in [3.8, 4) is 11.5 Å². The van der Waals surface area contributed by atoms with E-state index in [9.17, 15) is 18.5 Å². The monoisotopic (exact) mass is 406 g/mol. The van der Waals surface area contributed by atoms with Crippen molar-refractivity contribution >= 4 is 15.7 Å². The fraction of sp³-hybridized carbons (Fsp3) is 0.368. The average Bonchev–Trinajstić information content (AvgIpc) is 3.23. The van der Waals surface area contributed by atoms with Crippen molar-refractivity contribution in [2.24, 2.45) is 0 Å². The second kappa shape index (κ2) is 8.57. The Kier molecular flexibility index (Phi) is 6.15. The van der Waals surface area contributed by atoms with E-state index < -0.39 is 14.9 Å². The normalized spacial score (nSPS) is 14.8. The third-order valence-electron chi connectivity index (χ3n) is 4.49. The van der Waals surface area contributed by atoms with Gasteiger partial charge in [-0.05, 0) is 38.0 Å². The van der Waals surface area contributed by atoms with Crippen molar-refractivity contribution in [2.75, 3.05) is 19.7 Å². The average molecular weight is 406 g/mol. The molecule has 1 saturated heterocycles. The van der Waals surface area contributed by atoms with Gasteiger partial charge in [-0.2, -0.15) is 4.31 Å². The molecule has 0 bridgehead atoms. The van der Waals surface area contributed by atoms with Crippen LogP contribution in [0.4, 0.5) is 5.69 Å². The molecule has 150 valence electrons. The van der Waals surface area contributed by atoms with Crippen LogP contribution < -0.4 is 9.47 Å². The Morgan fingerprint density at radius 1 is 1.07 bits per heavy atom. The van der Waals surface area contributed by atoms with Crippen molar-refractivity contribution in [3.63, 3.8) is 0 Å². The molecular formula is C19H22N2O6S. The summed E-state index contributed by atoms with van der Waals surface area (Å²) in [5, 5.41) is 11.5. The van der Waals surface area contributed by atoms with Crippen LogP contribution in [-0.4, -0.2) is 37.3 Å². The fourth-order valence-electron chi connectivity index (χ4n) is 3.07. The van der Waals surface area contributed by atoms with E-state index in [4.69, 9.17) is 9.47 Å². The Bertz CT molecular complexity index is 955. The first kappa shape index (κ1) is 20.1. The largest absolute Gasteiger partial charge is 0.493 e. The summed E-state index contributed by atoms with van der Waals surface area (Å²) in [5.41, 5.74) is 0.363. The van der Waals surface area contributed by atoms with Gasteiger partial charge < -0.3 is 9.47 Å². The van der Waals surface area contributed by atoms with E-state index in [0.29, 0.717) is 25.4 Å². The smallest absolute Gasteiger partial charge is 0.312 e. The number of benzene rings is 2. The van der Waals surface area contributed by atoms with Crippen molar-refractivity contribution in [2.45, 2.75) is 31.3 Å². The number of para-hydroxylation sites is 1. The molecule has 0 radical (unpaired) electrons. The number of sulfonamides is 1. The molecule has 28 heavy (non-hydrogen) atoms. The van der Waals surface area contributed by atoms with Gasteiger partial charge in [-0.3, -0.25) is 10.1 Å². The molecule has 1 fully saturated rings. The summed E-state index contributed by atoms with van der Waals surface area (Å²) in [7, 11) is -3.74. The van der Waals surface area contributed by atoms with Gasteiger partial charge in [0.05, 0.1) is 16.4 Å². The Morgan fingerprint density at radius 3 is 2.46 bits per heavy atom. The Morgan fingerprint density at radius 2 is 1.79 bits per heavy atom. The predicted molar refractivity (Wildman–Crippen MR) is 103 cm³/mol. The lowest BCUT2D eigenvalue weighted by molar-refractivity contribution is -0.386. The third kappa shape index (κ3) is 4.26. The number of nitro groups is 1. The molecule has 1 aliphatic heterocycles. The second-order valence-corrected chi connectivity index (χ2v) is 8.27. The molecule has 0 aliphatic carbocycles. The topological polar surface area (TPSA) is 99.0 Å². The van der Waals surface area contributed by atoms with Gasteiger partial charge in [-0.25, -0.2) is 8.42 Å². The Hall–Kier alpha value is -2.65. The zero-order valence-electron chi connectivity index (χ0n) is 15.5. The Labute approximate surface area is 163 Å². The van der Waals surface area contributed by atoms with E-state index in [1.807, 2.05) is 25.1 Å². The molecule has 2 aromatic carbocycles. The maximum atomic E-state index is 12.7. The van der Waals surface area contributed by atoms with Crippen molar-refractivity contribution in [1.82, 2.24) is 4.31 Å². The standard InChI is InChI=1S/C19H22N2O6S/c1-2-26-18-8-4-3-7-15(18)14-27-19-10-9-16(13-17(19)21(22)23)28(24,25)20-11-5-6-12-20/h3-4,7-10,13H,2,5-6,11-12,14H2,1H3. The molecule has 0 amide bonds. The van der Waals surface area contributed by atoms with Crippen molar-refractivity contribution in [1.29, 1.82) is 0 Å². The first-order chi connectivity index (χ1) is 13.4. The summed E-state index contributed by atoms with van der Waals surface area (Å²) in [6.45, 7) is 3.28. The van der Waals surface area contributed by atoms with Gasteiger partial charge in [0.25, 0.3) is 0 Å². The lowest BCUT2D eigenvalue weighted by atomic mass is 10.2. The highest BCUT2D eigenvalue weighted by atomic mass is 32.2. The van der Waals surface area contributed by atoms with Crippen LogP contribution in [0.15, 0.2) is 47.4 Å². The summed E-state index contributed by atoms with van der Waals surface area (Å²) in [6.07, 6.45) is 1.59. The first-order valence-electron chi connectivity index (χ1n) is 9.05. The number of hydrogen-bond acceptors (Lipinski definition) is 6. The molecule has 3 rings (SSSR count). The van der Waals surface area contributed by atoms with Crippen LogP contribution in [0.2, 0.25) is 0 Å². The van der Waals surface area contributed by atoms with E-state index in [1.54, 1.807) is 6.07 Å². The number of rotatable bonds is 8. The minimum absolute atomic E-state index is 0.0108. The summed E-state index contributed by atoms with van der Waals surface area (Å²) in [5.74, 6) is 0.651. The van der Waals surface area contributed by atoms with Crippen LogP contribution in [0.1, 0.15) is 25.3 Å². The highest BCUT2D eigenvalue weighted by molar-refractivity contribution is 7.89. The van der Waals surface area contributed by atoms with Gasteiger partial charge in [0, 0.05) is 24.7 Å². The number of nitrogens with zero attached hydrogens (tertiary/aromatic N) is 2. The second-order valence-electron chi connectivity index (χ2n) is 6.33. The lowest BCUT2D eigenvalue weighted by Gasteiger charge is -2.16. The van der Waals surface area contributed by atoms with E-state index in [-0.39, 0.29) is 22.9 Å². The van der Waals surface area contributed by atoms with Gasteiger partial charge >= 0.3 is 5.69 Å². The molecule has 0 atom stereocenters. The maximum Gasteiger partial charge on any atom is 0.312 e. The molecule has 9 heteroatoms. The molecule has 0 unspecified atom stereocenters. The molecule has 8 nitrogen and oxygen atoms in total. The molecule has 0 saturated carbocycles. The van der Waals surface area contributed by atoms with Crippen LogP contribution in [0.25, 0.3) is 0 Å². The van der Waals surface area contributed by atoms with E-state index in [0.717, 1.165) is 24.5 Å². The third-order valence-corrected chi connectivity index (χ3v) is 6.38. The van der Waals surface area contributed by atoms with E-state index in [2.05, 4.69) is 0 Å². The van der Waals surface area contributed by atoms with E-state index >= 15 is 0 Å². The fourth-order valence-corrected chi connectivity index (χ4v) is 4.61. The van der Waals surface area contributed by atoms with Crippen LogP contribution in [0, 0.1) is 10.1 Å². The molecule has 1 heterocycles. The van der Waals surface area contributed by atoms with Crippen molar-refractivity contribution < 1.29 is 22.8 Å². The predicted octanol–water partition coefficient (Wildman–Crippen LogP) is 3.36. The molecule has 0 spiro atoms. The van der Waals surface area contributed by atoms with Gasteiger partial charge in [-0.1, -0.05) is 18.2 Å². The molecule has 0 N–H and O–H groups in total. The zero-order chi connectivity index (χ0) is 20.1. The van der Waals surface area contributed by atoms with Crippen LogP contribution in [-0.2, 0) is 16.6 Å². The van der Waals surface area contributed by atoms with Crippen LogP contribution in [0.3, 0.4) is 0 Å². The van der Waals surface area contributed by atoms with Gasteiger partial charge in [-0.15, -0.1) is 0 Å². The minimum Gasteiger partial charge on any atom is -0.493 e. The highest BCUT2D eigenvalue weighted by Crippen LogP contribution is 2.33. The number of nitro benzene ring substituents is 1. The van der Waals surface area contributed by atoms with Crippen LogP contribution >= 0.6 is 0 Å². The summed E-state index contributed by atoms with van der Waals surface area (Å²) < 4.78 is 37.8. The zero-order valence-corrected chi connectivity index (χ0v) is 16.4. The lowest BCUT2D eigenvalue weighted by Crippen LogP contribution is -2.27. The van der Waals surface area contributed by atoms with Crippen LogP contribution in [0.5, 0.6) is 11.5 Å². The molecule has 0 aromatic heterocycles. The van der Waals surface area contributed by atoms with Gasteiger partial charge in [0.2, 0.25) is 10.0 Å².